The van der Waals surface area contributed by atoms with Crippen LogP contribution in [0.25, 0.3) is 10.8 Å². The van der Waals surface area contributed by atoms with Crippen molar-refractivity contribution in [3.63, 3.8) is 0 Å². The van der Waals surface area contributed by atoms with E-state index in [1.165, 1.54) is 6.07 Å². The molecule has 28 heavy (non-hydrogen) atoms. The second-order valence-electron chi connectivity index (χ2n) is 6.71. The maximum absolute atomic E-state index is 12.9. The van der Waals surface area contributed by atoms with E-state index in [0.29, 0.717) is 42.5 Å². The zero-order valence-electron chi connectivity index (χ0n) is 15.0. The van der Waals surface area contributed by atoms with Gasteiger partial charge in [0.25, 0.3) is 11.6 Å². The van der Waals surface area contributed by atoms with Crippen molar-refractivity contribution >= 4 is 39.7 Å². The number of halogens is 1. The summed E-state index contributed by atoms with van der Waals surface area (Å²) in [6.45, 7) is 1.94. The van der Waals surface area contributed by atoms with E-state index in [1.54, 1.807) is 17.0 Å². The molecule has 1 heterocycles. The fourth-order valence-electron chi connectivity index (χ4n) is 3.60. The van der Waals surface area contributed by atoms with Crippen molar-refractivity contribution in [1.29, 1.82) is 0 Å². The van der Waals surface area contributed by atoms with Crippen molar-refractivity contribution in [3.8, 4) is 0 Å². The summed E-state index contributed by atoms with van der Waals surface area (Å²) in [6, 6.07) is 18.3. The SMILES string of the molecule is O=C(c1ccc2ccccc2c1)N1CCN(c2c(Cl)cccc2[N+](=O)[O-])CC1. The molecule has 1 saturated heterocycles. The molecule has 0 aromatic heterocycles. The number of benzene rings is 3. The van der Waals surface area contributed by atoms with E-state index in [2.05, 4.69) is 0 Å². The highest BCUT2D eigenvalue weighted by molar-refractivity contribution is 6.33. The number of carbonyl (C=O) groups is 1. The average Bonchev–Trinajstić information content (AvgIpc) is 2.73. The van der Waals surface area contributed by atoms with Gasteiger partial charge in [0.15, 0.2) is 0 Å². The van der Waals surface area contributed by atoms with Gasteiger partial charge in [0.2, 0.25) is 0 Å². The van der Waals surface area contributed by atoms with Crippen molar-refractivity contribution in [2.45, 2.75) is 0 Å². The molecule has 142 valence electrons. The summed E-state index contributed by atoms with van der Waals surface area (Å²) in [5.74, 6) is -0.0286. The van der Waals surface area contributed by atoms with Gasteiger partial charge in [0.1, 0.15) is 5.69 Å². The zero-order valence-corrected chi connectivity index (χ0v) is 15.8. The first kappa shape index (κ1) is 18.3. The van der Waals surface area contributed by atoms with Gasteiger partial charge in [-0.25, -0.2) is 0 Å². The predicted molar refractivity (Wildman–Crippen MR) is 110 cm³/mol. The maximum atomic E-state index is 12.9. The van der Waals surface area contributed by atoms with Crippen LogP contribution in [0.1, 0.15) is 10.4 Å². The van der Waals surface area contributed by atoms with E-state index in [4.69, 9.17) is 11.6 Å². The number of amides is 1. The minimum Gasteiger partial charge on any atom is -0.361 e. The van der Waals surface area contributed by atoms with Crippen molar-refractivity contribution < 1.29 is 9.72 Å². The Bertz CT molecular complexity index is 1060. The number of hydrogen-bond acceptors (Lipinski definition) is 4. The highest BCUT2D eigenvalue weighted by atomic mass is 35.5. The summed E-state index contributed by atoms with van der Waals surface area (Å²) >= 11 is 6.23. The van der Waals surface area contributed by atoms with Gasteiger partial charge in [-0.05, 0) is 29.0 Å². The molecule has 0 unspecified atom stereocenters. The molecule has 0 aliphatic carbocycles. The molecule has 1 aliphatic rings. The molecule has 0 atom stereocenters. The number of nitro groups is 1. The Labute approximate surface area is 167 Å². The van der Waals surface area contributed by atoms with Crippen molar-refractivity contribution in [2.24, 2.45) is 0 Å². The molecule has 7 heteroatoms. The fraction of sp³-hybridized carbons (Fsp3) is 0.190. The van der Waals surface area contributed by atoms with Crippen LogP contribution in [0.2, 0.25) is 5.02 Å². The molecule has 0 radical (unpaired) electrons. The van der Waals surface area contributed by atoms with E-state index >= 15 is 0 Å². The number of hydrogen-bond donors (Lipinski definition) is 0. The molecule has 3 aromatic rings. The first-order valence-corrected chi connectivity index (χ1v) is 9.38. The monoisotopic (exact) mass is 395 g/mol. The van der Waals surface area contributed by atoms with Crippen LogP contribution in [0.3, 0.4) is 0 Å². The number of nitrogens with zero attached hydrogens (tertiary/aromatic N) is 3. The Morgan fingerprint density at radius 1 is 0.929 bits per heavy atom. The average molecular weight is 396 g/mol. The molecule has 0 bridgehead atoms. The third-order valence-electron chi connectivity index (χ3n) is 5.04. The maximum Gasteiger partial charge on any atom is 0.294 e. The van der Waals surface area contributed by atoms with E-state index in [-0.39, 0.29) is 11.6 Å². The summed E-state index contributed by atoms with van der Waals surface area (Å²) in [5.41, 5.74) is 1.06. The number of rotatable bonds is 3. The second kappa shape index (κ2) is 7.48. The summed E-state index contributed by atoms with van der Waals surface area (Å²) < 4.78 is 0. The van der Waals surface area contributed by atoms with Crippen LogP contribution < -0.4 is 4.90 Å². The lowest BCUT2D eigenvalue weighted by Crippen LogP contribution is -2.49. The van der Waals surface area contributed by atoms with Gasteiger partial charge in [0, 0.05) is 37.8 Å². The van der Waals surface area contributed by atoms with Crippen LogP contribution in [0.5, 0.6) is 0 Å². The van der Waals surface area contributed by atoms with Crippen LogP contribution in [-0.4, -0.2) is 41.9 Å². The van der Waals surface area contributed by atoms with E-state index in [9.17, 15) is 14.9 Å². The summed E-state index contributed by atoms with van der Waals surface area (Å²) in [4.78, 5) is 27.5. The third-order valence-corrected chi connectivity index (χ3v) is 5.35. The van der Waals surface area contributed by atoms with Crippen molar-refractivity contribution in [2.75, 3.05) is 31.1 Å². The zero-order chi connectivity index (χ0) is 19.7. The minimum atomic E-state index is -0.423. The van der Waals surface area contributed by atoms with Gasteiger partial charge in [-0.3, -0.25) is 14.9 Å². The number of para-hydroxylation sites is 1. The minimum absolute atomic E-state index is 0.0122. The molecule has 0 spiro atoms. The van der Waals surface area contributed by atoms with Gasteiger partial charge in [-0.1, -0.05) is 48.0 Å². The third kappa shape index (κ3) is 3.39. The fourth-order valence-corrected chi connectivity index (χ4v) is 3.89. The highest BCUT2D eigenvalue weighted by Gasteiger charge is 2.28. The molecule has 3 aromatic carbocycles. The van der Waals surface area contributed by atoms with Crippen LogP contribution in [0.15, 0.2) is 60.7 Å². The molecular weight excluding hydrogens is 378 g/mol. The van der Waals surface area contributed by atoms with E-state index < -0.39 is 4.92 Å². The molecule has 0 saturated carbocycles. The lowest BCUT2D eigenvalue weighted by molar-refractivity contribution is -0.384. The van der Waals surface area contributed by atoms with Gasteiger partial charge in [-0.15, -0.1) is 0 Å². The Morgan fingerprint density at radius 3 is 2.36 bits per heavy atom. The van der Waals surface area contributed by atoms with Gasteiger partial charge < -0.3 is 9.80 Å². The predicted octanol–water partition coefficient (Wildman–Crippen LogP) is 4.36. The molecule has 6 nitrogen and oxygen atoms in total. The Hall–Kier alpha value is -3.12. The summed E-state index contributed by atoms with van der Waals surface area (Å²) in [5, 5.41) is 13.8. The van der Waals surface area contributed by atoms with Crippen molar-refractivity contribution in [1.82, 2.24) is 4.90 Å². The lowest BCUT2D eigenvalue weighted by atomic mass is 10.1. The first-order valence-electron chi connectivity index (χ1n) is 9.00. The normalized spacial score (nSPS) is 14.3. The highest BCUT2D eigenvalue weighted by Crippen LogP contribution is 2.36. The first-order chi connectivity index (χ1) is 13.5. The van der Waals surface area contributed by atoms with Gasteiger partial charge in [-0.2, -0.15) is 0 Å². The number of anilines is 1. The Kier molecular flexibility index (Phi) is 4.88. The molecule has 0 N–H and O–H groups in total. The quantitative estimate of drug-likeness (QED) is 0.488. The van der Waals surface area contributed by atoms with E-state index in [1.807, 2.05) is 47.4 Å². The Balaban J connectivity index is 1.51. The van der Waals surface area contributed by atoms with E-state index in [0.717, 1.165) is 10.8 Å². The van der Waals surface area contributed by atoms with Crippen LogP contribution in [-0.2, 0) is 0 Å². The molecule has 4 rings (SSSR count). The second-order valence-corrected chi connectivity index (χ2v) is 7.11. The molecule has 1 aliphatic heterocycles. The smallest absolute Gasteiger partial charge is 0.294 e. The molecule has 1 fully saturated rings. The number of nitro benzene ring substituents is 1. The van der Waals surface area contributed by atoms with Gasteiger partial charge >= 0.3 is 0 Å². The summed E-state index contributed by atoms with van der Waals surface area (Å²) in [6.07, 6.45) is 0. The van der Waals surface area contributed by atoms with Crippen LogP contribution >= 0.6 is 11.6 Å². The number of fused-ring (bicyclic) bond motifs is 1. The standard InChI is InChI=1S/C21H18ClN3O3/c22-18-6-3-7-19(25(27)28)20(18)23-10-12-24(13-11-23)21(26)17-9-8-15-4-1-2-5-16(15)14-17/h1-9,14H,10-13H2. The van der Waals surface area contributed by atoms with Crippen molar-refractivity contribution in [3.05, 3.63) is 81.4 Å². The largest absolute Gasteiger partial charge is 0.361 e. The van der Waals surface area contributed by atoms with Crippen LogP contribution in [0.4, 0.5) is 11.4 Å². The molecule has 1 amide bonds. The molecular formula is C21H18ClN3O3. The number of carbonyl (C=O) groups excluding carboxylic acids is 1. The van der Waals surface area contributed by atoms with Crippen LogP contribution in [0, 0.1) is 10.1 Å². The number of piperazine rings is 1. The summed E-state index contributed by atoms with van der Waals surface area (Å²) in [7, 11) is 0. The van der Waals surface area contributed by atoms with Gasteiger partial charge in [0.05, 0.1) is 9.95 Å². The lowest BCUT2D eigenvalue weighted by Gasteiger charge is -2.36. The Morgan fingerprint density at radius 2 is 1.64 bits per heavy atom. The topological polar surface area (TPSA) is 66.7 Å².